The highest BCUT2D eigenvalue weighted by molar-refractivity contribution is 6.11. The number of hydrogen-bond donors (Lipinski definition) is 1. The van der Waals surface area contributed by atoms with Crippen LogP contribution < -0.4 is 10.1 Å². The second-order valence-electron chi connectivity index (χ2n) is 6.30. The summed E-state index contributed by atoms with van der Waals surface area (Å²) in [6, 6.07) is 19.1. The summed E-state index contributed by atoms with van der Waals surface area (Å²) >= 11 is 0. The van der Waals surface area contributed by atoms with Gasteiger partial charge in [-0.15, -0.1) is 0 Å². The zero-order valence-electron chi connectivity index (χ0n) is 15.5. The molecule has 0 bridgehead atoms. The van der Waals surface area contributed by atoms with E-state index < -0.39 is 0 Å². The van der Waals surface area contributed by atoms with E-state index in [4.69, 9.17) is 4.74 Å². The van der Waals surface area contributed by atoms with Crippen LogP contribution in [0, 0.1) is 13.8 Å². The minimum absolute atomic E-state index is 0.238. The molecule has 6 nitrogen and oxygen atoms in total. The second-order valence-corrected chi connectivity index (χ2v) is 6.30. The fraction of sp³-hybridized carbons (Fsp3) is 0.0909. The van der Waals surface area contributed by atoms with Crippen molar-refractivity contribution in [2.45, 2.75) is 13.8 Å². The molecule has 0 atom stereocenters. The fourth-order valence-corrected chi connectivity index (χ4v) is 2.98. The Morgan fingerprint density at radius 1 is 0.893 bits per heavy atom. The zero-order valence-corrected chi connectivity index (χ0v) is 15.5. The Hall–Kier alpha value is -3.80. The Kier molecular flexibility index (Phi) is 4.68. The minimum Gasteiger partial charge on any atom is -0.424 e. The molecule has 0 saturated heterocycles. The third kappa shape index (κ3) is 3.53. The fourth-order valence-electron chi connectivity index (χ4n) is 2.98. The summed E-state index contributed by atoms with van der Waals surface area (Å²) in [5, 5.41) is 4.65. The number of para-hydroxylation sites is 1. The topological polar surface area (TPSA) is 77.0 Å². The van der Waals surface area contributed by atoms with Crippen molar-refractivity contribution < 1.29 is 9.53 Å². The highest BCUT2D eigenvalue weighted by Crippen LogP contribution is 2.24. The Morgan fingerprint density at radius 2 is 1.57 bits per heavy atom. The Bertz CT molecular complexity index is 1130. The largest absolute Gasteiger partial charge is 0.424 e. The number of nitrogens with one attached hydrogen (secondary N) is 1. The summed E-state index contributed by atoms with van der Waals surface area (Å²) in [7, 11) is 0. The van der Waals surface area contributed by atoms with Gasteiger partial charge in [-0.1, -0.05) is 42.5 Å². The van der Waals surface area contributed by atoms with Crippen molar-refractivity contribution in [1.82, 2.24) is 15.0 Å². The van der Waals surface area contributed by atoms with E-state index in [1.165, 1.54) is 0 Å². The molecule has 0 saturated carbocycles. The molecule has 1 N–H and O–H groups in total. The molecule has 0 radical (unpaired) electrons. The van der Waals surface area contributed by atoms with Gasteiger partial charge in [-0.3, -0.25) is 9.78 Å². The summed E-state index contributed by atoms with van der Waals surface area (Å²) in [5.74, 6) is 0.348. The van der Waals surface area contributed by atoms with Crippen molar-refractivity contribution in [3.05, 3.63) is 83.9 Å². The third-order valence-electron chi connectivity index (χ3n) is 4.33. The number of benzene rings is 2. The van der Waals surface area contributed by atoms with Crippen LogP contribution in [-0.2, 0) is 0 Å². The maximum absolute atomic E-state index is 12.8. The lowest BCUT2D eigenvalue weighted by molar-refractivity contribution is 0.102. The first-order chi connectivity index (χ1) is 13.6. The van der Waals surface area contributed by atoms with Crippen LogP contribution >= 0.6 is 0 Å². The van der Waals surface area contributed by atoms with Gasteiger partial charge < -0.3 is 10.1 Å². The number of aryl methyl sites for hydroxylation is 2. The smallest absolute Gasteiger partial charge is 0.322 e. The van der Waals surface area contributed by atoms with Crippen molar-refractivity contribution in [3.8, 4) is 11.8 Å². The summed E-state index contributed by atoms with van der Waals surface area (Å²) in [5.41, 5.74) is 2.15. The standard InChI is InChI=1S/C22H18N4O2/c1-14-19(15(2)25-22(24-14)28-17-9-4-3-5-10-17)26-21(27)20-18-11-7-6-8-16(18)12-13-23-20/h3-13H,1-2H3,(H,26,27). The highest BCUT2D eigenvalue weighted by atomic mass is 16.5. The number of ether oxygens (including phenoxy) is 1. The van der Waals surface area contributed by atoms with Gasteiger partial charge in [0.25, 0.3) is 5.91 Å². The molecule has 0 unspecified atom stereocenters. The molecule has 0 aliphatic rings. The van der Waals surface area contributed by atoms with E-state index in [-0.39, 0.29) is 11.9 Å². The molecule has 4 aromatic rings. The molecule has 0 spiro atoms. The molecule has 2 heterocycles. The van der Waals surface area contributed by atoms with E-state index in [1.807, 2.05) is 60.7 Å². The first-order valence-electron chi connectivity index (χ1n) is 8.85. The highest BCUT2D eigenvalue weighted by Gasteiger charge is 2.16. The quantitative estimate of drug-likeness (QED) is 0.564. The van der Waals surface area contributed by atoms with Gasteiger partial charge in [0.15, 0.2) is 0 Å². The number of carbonyl (C=O) groups excluding carboxylic acids is 1. The predicted octanol–water partition coefficient (Wildman–Crippen LogP) is 4.69. The van der Waals surface area contributed by atoms with Gasteiger partial charge in [0.2, 0.25) is 0 Å². The van der Waals surface area contributed by atoms with Crippen LogP contribution in [0.15, 0.2) is 66.9 Å². The van der Waals surface area contributed by atoms with Crippen molar-refractivity contribution in [2.24, 2.45) is 0 Å². The van der Waals surface area contributed by atoms with Gasteiger partial charge in [-0.25, -0.2) is 0 Å². The summed E-state index contributed by atoms with van der Waals surface area (Å²) < 4.78 is 5.70. The number of rotatable bonds is 4. The number of anilines is 1. The van der Waals surface area contributed by atoms with E-state index in [0.717, 1.165) is 10.8 Å². The third-order valence-corrected chi connectivity index (χ3v) is 4.33. The average Bonchev–Trinajstić information content (AvgIpc) is 2.71. The monoisotopic (exact) mass is 370 g/mol. The van der Waals surface area contributed by atoms with Gasteiger partial charge >= 0.3 is 6.01 Å². The molecule has 1 amide bonds. The predicted molar refractivity (Wildman–Crippen MR) is 108 cm³/mol. The number of aromatic nitrogens is 3. The Labute approximate surface area is 162 Å². The van der Waals surface area contributed by atoms with Crippen LogP contribution in [-0.4, -0.2) is 20.9 Å². The van der Waals surface area contributed by atoms with Crippen LogP contribution in [0.4, 0.5) is 5.69 Å². The summed E-state index contributed by atoms with van der Waals surface area (Å²) in [6.45, 7) is 3.61. The summed E-state index contributed by atoms with van der Waals surface area (Å²) in [6.07, 6.45) is 1.63. The second kappa shape index (κ2) is 7.44. The first kappa shape index (κ1) is 17.6. The maximum atomic E-state index is 12.8. The van der Waals surface area contributed by atoms with Crippen molar-refractivity contribution >= 4 is 22.4 Å². The minimum atomic E-state index is -0.302. The molecule has 6 heteroatoms. The van der Waals surface area contributed by atoms with Crippen LogP contribution in [0.5, 0.6) is 11.8 Å². The zero-order chi connectivity index (χ0) is 19.5. The number of amides is 1. The van der Waals surface area contributed by atoms with E-state index >= 15 is 0 Å². The van der Waals surface area contributed by atoms with Crippen LogP contribution in [0.25, 0.3) is 10.8 Å². The van der Waals surface area contributed by atoms with Gasteiger partial charge in [0, 0.05) is 11.6 Å². The van der Waals surface area contributed by atoms with Crippen molar-refractivity contribution in [1.29, 1.82) is 0 Å². The van der Waals surface area contributed by atoms with Crippen LogP contribution in [0.2, 0.25) is 0 Å². The molecule has 0 fully saturated rings. The molecule has 138 valence electrons. The number of fused-ring (bicyclic) bond motifs is 1. The van der Waals surface area contributed by atoms with E-state index in [0.29, 0.717) is 28.5 Å². The van der Waals surface area contributed by atoms with Gasteiger partial charge in [0.05, 0.1) is 17.1 Å². The van der Waals surface area contributed by atoms with Crippen LogP contribution in [0.3, 0.4) is 0 Å². The van der Waals surface area contributed by atoms with Gasteiger partial charge in [-0.05, 0) is 37.4 Å². The van der Waals surface area contributed by atoms with Gasteiger partial charge in [0.1, 0.15) is 11.4 Å². The number of pyridine rings is 1. The lowest BCUT2D eigenvalue weighted by Crippen LogP contribution is -2.17. The van der Waals surface area contributed by atoms with E-state index in [2.05, 4.69) is 20.3 Å². The lowest BCUT2D eigenvalue weighted by atomic mass is 10.1. The average molecular weight is 370 g/mol. The SMILES string of the molecule is Cc1nc(Oc2ccccc2)nc(C)c1NC(=O)c1nccc2ccccc12. The number of nitrogens with zero attached hydrogens (tertiary/aromatic N) is 3. The Morgan fingerprint density at radius 3 is 2.32 bits per heavy atom. The molecular formula is C22H18N4O2. The normalized spacial score (nSPS) is 10.6. The van der Waals surface area contributed by atoms with E-state index in [9.17, 15) is 4.79 Å². The van der Waals surface area contributed by atoms with Crippen molar-refractivity contribution in [3.63, 3.8) is 0 Å². The Balaban J connectivity index is 1.62. The molecule has 2 aromatic carbocycles. The molecule has 2 aromatic heterocycles. The van der Waals surface area contributed by atoms with Crippen molar-refractivity contribution in [2.75, 3.05) is 5.32 Å². The first-order valence-corrected chi connectivity index (χ1v) is 8.85. The molecular weight excluding hydrogens is 352 g/mol. The van der Waals surface area contributed by atoms with Crippen LogP contribution in [0.1, 0.15) is 21.9 Å². The lowest BCUT2D eigenvalue weighted by Gasteiger charge is -2.13. The summed E-state index contributed by atoms with van der Waals surface area (Å²) in [4.78, 5) is 25.8. The molecule has 0 aliphatic carbocycles. The number of hydrogen-bond acceptors (Lipinski definition) is 5. The molecule has 4 rings (SSSR count). The molecule has 28 heavy (non-hydrogen) atoms. The van der Waals surface area contributed by atoms with E-state index in [1.54, 1.807) is 20.0 Å². The van der Waals surface area contributed by atoms with Gasteiger partial charge in [-0.2, -0.15) is 9.97 Å². The maximum Gasteiger partial charge on any atom is 0.322 e. The number of carbonyl (C=O) groups is 1. The molecule has 0 aliphatic heterocycles.